The van der Waals surface area contributed by atoms with E-state index >= 15 is 0 Å². The molecule has 0 radical (unpaired) electrons. The topological polar surface area (TPSA) is 0 Å². The fourth-order valence-electron chi connectivity index (χ4n) is 4.46. The molecule has 0 nitrogen and oxygen atoms in total. The molecule has 0 aliphatic heterocycles. The Morgan fingerprint density at radius 2 is 1.09 bits per heavy atom. The third-order valence-corrected chi connectivity index (χ3v) is 8.58. The van der Waals surface area contributed by atoms with Gasteiger partial charge in [0.1, 0.15) is 5.75 Å². The zero-order valence-electron chi connectivity index (χ0n) is 20.0. The summed E-state index contributed by atoms with van der Waals surface area (Å²) in [7, 11) is 0.0388. The van der Waals surface area contributed by atoms with E-state index in [2.05, 4.69) is 117 Å². The van der Waals surface area contributed by atoms with Crippen molar-refractivity contribution in [2.24, 2.45) is 0 Å². The van der Waals surface area contributed by atoms with Crippen LogP contribution in [0.5, 0.6) is 0 Å². The minimum atomic E-state index is 0.0388. The molecule has 1 unspecified atom stereocenters. The van der Waals surface area contributed by atoms with Gasteiger partial charge in [0.15, 0.2) is 9.79 Å². The highest BCUT2D eigenvalue weighted by Gasteiger charge is 2.31. The Balaban J connectivity index is 2.00. The first-order valence-electron chi connectivity index (χ1n) is 12.4. The Morgan fingerprint density at radius 1 is 0.545 bits per heavy atom. The smallest absolute Gasteiger partial charge is 0.0654 e. The largest absolute Gasteiger partial charge is 0.169 e. The fourth-order valence-corrected chi connectivity index (χ4v) is 6.93. The average molecular weight is 452 g/mol. The van der Waals surface area contributed by atoms with Gasteiger partial charge in [-0.15, -0.1) is 0 Å². The predicted molar refractivity (Wildman–Crippen MR) is 146 cm³/mol. The monoisotopic (exact) mass is 451 g/mol. The number of benzene rings is 4. The standard InChI is InChI=1S/C32H35S/c1-3-5-16-28-23-24-30(33(25-6-4-2)29-21-14-9-15-22-29)32(27-19-12-8-13-20-27)31(28)26-17-10-7-11-18-26/h7-15,17-24H,3-6,16,25H2,1-2H3/q+1. The third kappa shape index (κ3) is 5.60. The van der Waals surface area contributed by atoms with E-state index in [0.29, 0.717) is 0 Å². The van der Waals surface area contributed by atoms with Gasteiger partial charge in [0.25, 0.3) is 0 Å². The normalized spacial score (nSPS) is 11.9. The first kappa shape index (κ1) is 23.4. The Bertz CT molecular complexity index is 1120. The summed E-state index contributed by atoms with van der Waals surface area (Å²) in [6, 6.07) is 38.1. The van der Waals surface area contributed by atoms with Gasteiger partial charge in [-0.1, -0.05) is 112 Å². The fraction of sp³-hybridized carbons (Fsp3) is 0.250. The summed E-state index contributed by atoms with van der Waals surface area (Å²) in [6.07, 6.45) is 6.01. The van der Waals surface area contributed by atoms with Crippen LogP contribution >= 0.6 is 0 Å². The molecular formula is C32H35S+. The van der Waals surface area contributed by atoms with Crippen molar-refractivity contribution in [2.45, 2.75) is 55.7 Å². The molecule has 0 saturated carbocycles. The summed E-state index contributed by atoms with van der Waals surface area (Å²) in [4.78, 5) is 2.93. The van der Waals surface area contributed by atoms with E-state index < -0.39 is 0 Å². The van der Waals surface area contributed by atoms with Crippen molar-refractivity contribution in [3.63, 3.8) is 0 Å². The second-order valence-electron chi connectivity index (χ2n) is 8.57. The lowest BCUT2D eigenvalue weighted by atomic mass is 9.88. The van der Waals surface area contributed by atoms with Crippen LogP contribution in [0.25, 0.3) is 22.3 Å². The first-order valence-corrected chi connectivity index (χ1v) is 13.8. The summed E-state index contributed by atoms with van der Waals surface area (Å²) < 4.78 is 0. The van der Waals surface area contributed by atoms with E-state index in [9.17, 15) is 0 Å². The highest BCUT2D eigenvalue weighted by molar-refractivity contribution is 7.97. The van der Waals surface area contributed by atoms with Crippen LogP contribution in [0, 0.1) is 0 Å². The van der Waals surface area contributed by atoms with Crippen molar-refractivity contribution in [2.75, 3.05) is 5.75 Å². The van der Waals surface area contributed by atoms with Crippen LogP contribution in [-0.2, 0) is 17.3 Å². The molecule has 4 aromatic rings. The zero-order chi connectivity index (χ0) is 22.9. The van der Waals surface area contributed by atoms with Crippen molar-refractivity contribution in [1.82, 2.24) is 0 Å². The van der Waals surface area contributed by atoms with E-state index in [1.807, 2.05) is 0 Å². The quantitative estimate of drug-likeness (QED) is 0.211. The van der Waals surface area contributed by atoms with Gasteiger partial charge in [-0.3, -0.25) is 0 Å². The number of hydrogen-bond donors (Lipinski definition) is 0. The van der Waals surface area contributed by atoms with Gasteiger partial charge in [0.2, 0.25) is 0 Å². The molecule has 168 valence electrons. The molecule has 1 atom stereocenters. The lowest BCUT2D eigenvalue weighted by Crippen LogP contribution is -2.12. The maximum Gasteiger partial charge on any atom is 0.169 e. The van der Waals surface area contributed by atoms with E-state index in [1.54, 1.807) is 0 Å². The van der Waals surface area contributed by atoms with Crippen molar-refractivity contribution in [3.8, 4) is 22.3 Å². The van der Waals surface area contributed by atoms with Crippen molar-refractivity contribution < 1.29 is 0 Å². The zero-order valence-corrected chi connectivity index (χ0v) is 20.8. The van der Waals surface area contributed by atoms with Gasteiger partial charge in [-0.25, -0.2) is 0 Å². The molecule has 0 amide bonds. The van der Waals surface area contributed by atoms with Crippen LogP contribution in [0.1, 0.15) is 45.1 Å². The van der Waals surface area contributed by atoms with E-state index in [4.69, 9.17) is 0 Å². The predicted octanol–water partition coefficient (Wildman–Crippen LogP) is 9.20. The second-order valence-corrected chi connectivity index (χ2v) is 10.7. The van der Waals surface area contributed by atoms with E-state index in [0.717, 1.165) is 6.42 Å². The number of hydrogen-bond acceptors (Lipinski definition) is 0. The van der Waals surface area contributed by atoms with Gasteiger partial charge < -0.3 is 0 Å². The van der Waals surface area contributed by atoms with Crippen LogP contribution in [0.2, 0.25) is 0 Å². The molecule has 0 aromatic heterocycles. The molecule has 0 bridgehead atoms. The molecule has 1 heteroatoms. The van der Waals surface area contributed by atoms with Crippen molar-refractivity contribution in [3.05, 3.63) is 109 Å². The summed E-state index contributed by atoms with van der Waals surface area (Å²) in [6.45, 7) is 4.58. The number of unbranched alkanes of at least 4 members (excludes halogenated alkanes) is 2. The summed E-state index contributed by atoms with van der Waals surface area (Å²) in [5.74, 6) is 1.20. The number of aryl methyl sites for hydroxylation is 1. The minimum absolute atomic E-state index is 0.0388. The maximum atomic E-state index is 2.45. The van der Waals surface area contributed by atoms with Gasteiger partial charge in [0.05, 0.1) is 10.9 Å². The van der Waals surface area contributed by atoms with Crippen molar-refractivity contribution in [1.29, 1.82) is 0 Å². The highest BCUT2D eigenvalue weighted by Crippen LogP contribution is 2.42. The summed E-state index contributed by atoms with van der Waals surface area (Å²) in [5.41, 5.74) is 6.99. The van der Waals surface area contributed by atoms with Crippen LogP contribution in [0.4, 0.5) is 0 Å². The van der Waals surface area contributed by atoms with E-state index in [1.165, 1.54) is 69.0 Å². The Hall–Kier alpha value is -2.77. The molecule has 0 aliphatic rings. The molecule has 33 heavy (non-hydrogen) atoms. The molecule has 4 aromatic carbocycles. The lowest BCUT2D eigenvalue weighted by Gasteiger charge is -2.20. The first-order chi connectivity index (χ1) is 16.3. The SMILES string of the molecule is CCCCc1ccc([S+](CCCC)c2ccccc2)c(-c2ccccc2)c1-c1ccccc1. The maximum absolute atomic E-state index is 2.45. The Kier molecular flexibility index (Phi) is 8.44. The second kappa shape index (κ2) is 11.9. The van der Waals surface area contributed by atoms with Crippen molar-refractivity contribution >= 4 is 10.9 Å². The van der Waals surface area contributed by atoms with Gasteiger partial charge in [-0.05, 0) is 59.7 Å². The molecule has 0 heterocycles. The van der Waals surface area contributed by atoms with Crippen LogP contribution in [0.3, 0.4) is 0 Å². The summed E-state index contributed by atoms with van der Waals surface area (Å²) in [5, 5.41) is 0. The summed E-state index contributed by atoms with van der Waals surface area (Å²) >= 11 is 0. The average Bonchev–Trinajstić information content (AvgIpc) is 2.89. The molecule has 0 fully saturated rings. The van der Waals surface area contributed by atoms with Gasteiger partial charge in [-0.2, -0.15) is 0 Å². The van der Waals surface area contributed by atoms with Gasteiger partial charge in [0, 0.05) is 5.56 Å². The molecule has 0 N–H and O–H groups in total. The molecular weight excluding hydrogens is 416 g/mol. The third-order valence-electron chi connectivity index (χ3n) is 6.17. The van der Waals surface area contributed by atoms with Gasteiger partial charge >= 0.3 is 0 Å². The molecule has 0 aliphatic carbocycles. The number of rotatable bonds is 10. The lowest BCUT2D eigenvalue weighted by molar-refractivity contribution is 0.795. The molecule has 0 spiro atoms. The Morgan fingerprint density at radius 3 is 1.67 bits per heavy atom. The highest BCUT2D eigenvalue weighted by atomic mass is 32.2. The Labute approximate surface area is 203 Å². The molecule has 4 rings (SSSR count). The molecule has 0 saturated heterocycles. The van der Waals surface area contributed by atoms with Crippen LogP contribution in [-0.4, -0.2) is 5.75 Å². The van der Waals surface area contributed by atoms with Crippen LogP contribution < -0.4 is 0 Å². The van der Waals surface area contributed by atoms with Crippen LogP contribution in [0.15, 0.2) is 113 Å². The van der Waals surface area contributed by atoms with E-state index in [-0.39, 0.29) is 10.9 Å². The minimum Gasteiger partial charge on any atom is -0.0654 e.